The van der Waals surface area contributed by atoms with Gasteiger partial charge in [0.25, 0.3) is 5.91 Å². The van der Waals surface area contributed by atoms with Crippen LogP contribution in [0.5, 0.6) is 0 Å². The maximum atomic E-state index is 12.2. The molecule has 0 bridgehead atoms. The molecule has 0 aliphatic carbocycles. The van der Waals surface area contributed by atoms with Crippen molar-refractivity contribution in [3.05, 3.63) is 11.1 Å². The number of rotatable bonds is 2. The molecule has 1 aromatic heterocycles. The Bertz CT molecular complexity index is 429. The molecule has 104 valence electrons. The maximum absolute atomic E-state index is 12.2. The van der Waals surface area contributed by atoms with E-state index in [4.69, 9.17) is 5.73 Å². The molecule has 3 heterocycles. The molecule has 3 rings (SSSR count). The molecule has 19 heavy (non-hydrogen) atoms. The molecular weight excluding hydrogens is 262 g/mol. The van der Waals surface area contributed by atoms with Crippen LogP contribution in [0.1, 0.15) is 29.8 Å². The molecule has 2 aliphatic heterocycles. The van der Waals surface area contributed by atoms with Gasteiger partial charge in [-0.25, -0.2) is 0 Å². The smallest absolute Gasteiger partial charge is 0.275 e. The van der Waals surface area contributed by atoms with E-state index in [0.29, 0.717) is 17.8 Å². The number of nitrogens with zero attached hydrogens (tertiary/aromatic N) is 4. The molecule has 0 radical (unpaired) electrons. The van der Waals surface area contributed by atoms with Crippen molar-refractivity contribution in [2.75, 3.05) is 26.2 Å². The monoisotopic (exact) mass is 281 g/mol. The van der Waals surface area contributed by atoms with Crippen LogP contribution in [0.25, 0.3) is 0 Å². The summed E-state index contributed by atoms with van der Waals surface area (Å²) in [6, 6.07) is 0.847. The van der Waals surface area contributed by atoms with E-state index in [2.05, 4.69) is 14.5 Å². The lowest BCUT2D eigenvalue weighted by molar-refractivity contribution is 0.0763. The van der Waals surface area contributed by atoms with E-state index in [1.165, 1.54) is 11.5 Å². The highest BCUT2D eigenvalue weighted by Crippen LogP contribution is 2.21. The van der Waals surface area contributed by atoms with Gasteiger partial charge < -0.3 is 10.6 Å². The summed E-state index contributed by atoms with van der Waals surface area (Å²) in [6.45, 7) is 3.76. The molecule has 7 heteroatoms. The molecule has 2 saturated heterocycles. The number of hydrogen-bond donors (Lipinski definition) is 1. The summed E-state index contributed by atoms with van der Waals surface area (Å²) in [7, 11) is 0. The second-order valence-electron chi connectivity index (χ2n) is 5.36. The van der Waals surface area contributed by atoms with Gasteiger partial charge in [0.05, 0.1) is 0 Å². The van der Waals surface area contributed by atoms with E-state index in [1.54, 1.807) is 5.38 Å². The molecule has 0 aromatic carbocycles. The Morgan fingerprint density at radius 3 is 2.79 bits per heavy atom. The van der Waals surface area contributed by atoms with Gasteiger partial charge in [-0.1, -0.05) is 4.49 Å². The lowest BCUT2D eigenvalue weighted by atomic mass is 10.0. The lowest BCUT2D eigenvalue weighted by Crippen LogP contribution is -2.46. The number of piperidine rings is 1. The molecular formula is C12H19N5OS. The van der Waals surface area contributed by atoms with Gasteiger partial charge >= 0.3 is 0 Å². The number of carbonyl (C=O) groups is 1. The zero-order valence-electron chi connectivity index (χ0n) is 10.9. The van der Waals surface area contributed by atoms with Crippen molar-refractivity contribution in [3.8, 4) is 0 Å². The predicted octanol–water partition coefficient (Wildman–Crippen LogP) is 0.176. The molecule has 0 saturated carbocycles. The summed E-state index contributed by atoms with van der Waals surface area (Å²) in [5.74, 6) is 0.0185. The van der Waals surface area contributed by atoms with Crippen LogP contribution >= 0.6 is 11.5 Å². The van der Waals surface area contributed by atoms with Crippen LogP contribution in [0, 0.1) is 0 Å². The van der Waals surface area contributed by atoms with Crippen LogP contribution < -0.4 is 5.73 Å². The summed E-state index contributed by atoms with van der Waals surface area (Å²) in [6.07, 6.45) is 3.19. The van der Waals surface area contributed by atoms with Crippen molar-refractivity contribution in [3.63, 3.8) is 0 Å². The van der Waals surface area contributed by atoms with E-state index in [-0.39, 0.29) is 5.91 Å². The lowest BCUT2D eigenvalue weighted by Gasteiger charge is -2.34. The summed E-state index contributed by atoms with van der Waals surface area (Å²) >= 11 is 1.22. The third kappa shape index (κ3) is 2.77. The number of hydrogen-bond acceptors (Lipinski definition) is 6. The van der Waals surface area contributed by atoms with Gasteiger partial charge in [-0.2, -0.15) is 0 Å². The minimum atomic E-state index is 0.0185. The number of aromatic nitrogens is 2. The van der Waals surface area contributed by atoms with Gasteiger partial charge in [0.2, 0.25) is 0 Å². The zero-order valence-corrected chi connectivity index (χ0v) is 11.7. The Morgan fingerprint density at radius 1 is 1.32 bits per heavy atom. The third-order valence-corrected chi connectivity index (χ3v) is 4.62. The van der Waals surface area contributed by atoms with E-state index in [0.717, 1.165) is 45.4 Å². The highest BCUT2D eigenvalue weighted by molar-refractivity contribution is 7.03. The first-order valence-corrected chi connectivity index (χ1v) is 7.63. The van der Waals surface area contributed by atoms with Crippen LogP contribution in [0.4, 0.5) is 0 Å². The van der Waals surface area contributed by atoms with E-state index < -0.39 is 0 Å². The normalized spacial score (nSPS) is 25.9. The quantitative estimate of drug-likeness (QED) is 0.836. The molecule has 0 spiro atoms. The van der Waals surface area contributed by atoms with Crippen molar-refractivity contribution >= 4 is 17.4 Å². The van der Waals surface area contributed by atoms with Crippen LogP contribution in [0.3, 0.4) is 0 Å². The second-order valence-corrected chi connectivity index (χ2v) is 5.97. The zero-order chi connectivity index (χ0) is 13.2. The first-order chi connectivity index (χ1) is 9.24. The molecule has 1 amide bonds. The number of amides is 1. The second kappa shape index (κ2) is 5.52. The molecule has 2 aliphatic rings. The summed E-state index contributed by atoms with van der Waals surface area (Å²) in [5.41, 5.74) is 6.41. The van der Waals surface area contributed by atoms with Crippen LogP contribution in [0.2, 0.25) is 0 Å². The minimum absolute atomic E-state index is 0.0185. The first-order valence-electron chi connectivity index (χ1n) is 6.80. The highest BCUT2D eigenvalue weighted by atomic mass is 32.1. The van der Waals surface area contributed by atoms with E-state index >= 15 is 0 Å². The Labute approximate surface area is 116 Å². The molecule has 6 nitrogen and oxygen atoms in total. The van der Waals surface area contributed by atoms with Crippen molar-refractivity contribution in [1.82, 2.24) is 19.4 Å². The summed E-state index contributed by atoms with van der Waals surface area (Å²) in [4.78, 5) is 16.6. The van der Waals surface area contributed by atoms with Crippen LogP contribution in [0.15, 0.2) is 5.38 Å². The average molecular weight is 281 g/mol. The largest absolute Gasteiger partial charge is 0.336 e. The topological polar surface area (TPSA) is 75.3 Å². The average Bonchev–Trinajstić information content (AvgIpc) is 3.10. The number of nitrogens with two attached hydrogens (primary N) is 1. The third-order valence-electron chi connectivity index (χ3n) is 4.12. The van der Waals surface area contributed by atoms with Gasteiger partial charge in [0.15, 0.2) is 5.69 Å². The standard InChI is InChI=1S/C12H19N5OS/c13-9-1-4-16(5-2-9)10-3-6-17(7-10)12(18)11-8-19-15-14-11/h8-10H,1-7,13H2. The fourth-order valence-corrected chi connectivity index (χ4v) is 3.36. The van der Waals surface area contributed by atoms with E-state index in [9.17, 15) is 4.79 Å². The Hall–Kier alpha value is -1.05. The van der Waals surface area contributed by atoms with Crippen molar-refractivity contribution in [2.24, 2.45) is 5.73 Å². The maximum Gasteiger partial charge on any atom is 0.275 e. The number of likely N-dealkylation sites (tertiary alicyclic amines) is 2. The highest BCUT2D eigenvalue weighted by Gasteiger charge is 2.32. The number of carbonyl (C=O) groups excluding carboxylic acids is 1. The molecule has 1 aromatic rings. The SMILES string of the molecule is NC1CCN(C2CCN(C(=O)c3csnn3)C2)CC1. The van der Waals surface area contributed by atoms with Gasteiger partial charge in [0.1, 0.15) is 0 Å². The predicted molar refractivity (Wildman–Crippen MR) is 73.0 cm³/mol. The van der Waals surface area contributed by atoms with Crippen LogP contribution in [-0.2, 0) is 0 Å². The van der Waals surface area contributed by atoms with Gasteiger partial charge in [0, 0.05) is 30.6 Å². The summed E-state index contributed by atoms with van der Waals surface area (Å²) < 4.78 is 3.75. The Balaban J connectivity index is 1.57. The summed E-state index contributed by atoms with van der Waals surface area (Å²) in [5, 5.41) is 5.57. The van der Waals surface area contributed by atoms with Crippen molar-refractivity contribution in [2.45, 2.75) is 31.3 Å². The minimum Gasteiger partial charge on any atom is -0.336 e. The Morgan fingerprint density at radius 2 is 2.11 bits per heavy atom. The van der Waals surface area contributed by atoms with E-state index in [1.807, 2.05) is 4.90 Å². The van der Waals surface area contributed by atoms with Gasteiger partial charge in [-0.15, -0.1) is 5.10 Å². The van der Waals surface area contributed by atoms with Crippen molar-refractivity contribution < 1.29 is 4.79 Å². The fourth-order valence-electron chi connectivity index (χ4n) is 2.93. The fraction of sp³-hybridized carbons (Fsp3) is 0.750. The molecule has 2 N–H and O–H groups in total. The molecule has 1 atom stereocenters. The van der Waals surface area contributed by atoms with Gasteiger partial charge in [-0.3, -0.25) is 9.69 Å². The van der Waals surface area contributed by atoms with Crippen molar-refractivity contribution in [1.29, 1.82) is 0 Å². The first kappa shape index (κ1) is 13.0. The van der Waals surface area contributed by atoms with Crippen LogP contribution in [-0.4, -0.2) is 63.6 Å². The molecule has 1 unspecified atom stereocenters. The Kier molecular flexibility index (Phi) is 3.76. The molecule has 2 fully saturated rings. The van der Waals surface area contributed by atoms with Gasteiger partial charge in [-0.05, 0) is 43.9 Å².